The molecule has 2 amide bonds. The molecule has 39 heavy (non-hydrogen) atoms. The van der Waals surface area contributed by atoms with Gasteiger partial charge in [0.1, 0.15) is 12.6 Å². The maximum atomic E-state index is 13.9. The maximum absolute atomic E-state index is 13.9. The summed E-state index contributed by atoms with van der Waals surface area (Å²) in [5.74, 6) is -0.907. The molecular formula is C29H33Cl2N3O4S. The number of nitrogens with one attached hydrogen (secondary N) is 1. The van der Waals surface area contributed by atoms with Crippen LogP contribution >= 0.6 is 23.2 Å². The highest BCUT2D eigenvalue weighted by Gasteiger charge is 2.32. The van der Waals surface area contributed by atoms with Crippen LogP contribution in [0.25, 0.3) is 0 Å². The van der Waals surface area contributed by atoms with Gasteiger partial charge in [-0.3, -0.25) is 13.9 Å². The Kier molecular flexibility index (Phi) is 10.4. The van der Waals surface area contributed by atoms with E-state index in [0.717, 1.165) is 21.9 Å². The van der Waals surface area contributed by atoms with Gasteiger partial charge in [0, 0.05) is 23.1 Å². The van der Waals surface area contributed by atoms with E-state index < -0.39 is 28.5 Å². The predicted octanol–water partition coefficient (Wildman–Crippen LogP) is 5.75. The molecule has 1 N–H and O–H groups in total. The number of amides is 2. The average molecular weight is 591 g/mol. The number of carbonyl (C=O) groups excluding carboxylic acids is 2. The summed E-state index contributed by atoms with van der Waals surface area (Å²) >= 11 is 12.4. The summed E-state index contributed by atoms with van der Waals surface area (Å²) in [6.45, 7) is 7.21. The minimum atomic E-state index is -4.12. The number of rotatable bonds is 11. The first-order valence-corrected chi connectivity index (χ1v) is 14.8. The summed E-state index contributed by atoms with van der Waals surface area (Å²) in [6.07, 6.45) is 0.728. The van der Waals surface area contributed by atoms with Crippen molar-refractivity contribution in [2.45, 2.75) is 51.6 Å². The fraction of sp³-hybridized carbons (Fsp3) is 0.310. The lowest BCUT2D eigenvalue weighted by molar-refractivity contribution is -0.139. The number of halogens is 2. The molecule has 10 heteroatoms. The first kappa shape index (κ1) is 30.5. The second-order valence-corrected chi connectivity index (χ2v) is 12.1. The van der Waals surface area contributed by atoms with Crippen LogP contribution in [0.4, 0.5) is 5.69 Å². The monoisotopic (exact) mass is 589 g/mol. The van der Waals surface area contributed by atoms with Gasteiger partial charge >= 0.3 is 0 Å². The van der Waals surface area contributed by atoms with Gasteiger partial charge in [-0.2, -0.15) is 0 Å². The molecule has 0 aromatic heterocycles. The highest BCUT2D eigenvalue weighted by atomic mass is 35.5. The SMILES string of the molecule is CCCNC(=O)[C@@H](C)N(Cc1ccc(Cl)cc1Cl)C(=O)CN(c1ccc(C)cc1)S(=O)(=O)c1ccc(C)cc1. The lowest BCUT2D eigenvalue weighted by Gasteiger charge is -2.32. The van der Waals surface area contributed by atoms with Crippen molar-refractivity contribution in [3.63, 3.8) is 0 Å². The van der Waals surface area contributed by atoms with Crippen molar-refractivity contribution in [1.29, 1.82) is 0 Å². The van der Waals surface area contributed by atoms with Gasteiger partial charge in [-0.1, -0.05) is 71.6 Å². The molecule has 0 saturated heterocycles. The van der Waals surface area contributed by atoms with Crippen LogP contribution in [0, 0.1) is 13.8 Å². The molecule has 0 saturated carbocycles. The standard InChI is InChI=1S/C29H33Cl2N3O4S/c1-5-16-32-29(36)22(4)33(18-23-10-11-24(30)17-27(23)31)28(35)19-34(25-12-6-20(2)7-13-25)39(37,38)26-14-8-21(3)9-15-26/h6-15,17,22H,5,16,18-19H2,1-4H3,(H,32,36)/t22-/m1/s1. The van der Waals surface area contributed by atoms with E-state index >= 15 is 0 Å². The highest BCUT2D eigenvalue weighted by Crippen LogP contribution is 2.27. The molecule has 0 aliphatic rings. The molecule has 3 aromatic rings. The molecule has 3 rings (SSSR count). The molecule has 208 valence electrons. The lowest BCUT2D eigenvalue weighted by atomic mass is 10.1. The van der Waals surface area contributed by atoms with Gasteiger partial charge in [0.05, 0.1) is 10.6 Å². The van der Waals surface area contributed by atoms with E-state index in [0.29, 0.717) is 27.8 Å². The minimum Gasteiger partial charge on any atom is -0.354 e. The number of carbonyl (C=O) groups is 2. The van der Waals surface area contributed by atoms with Gasteiger partial charge in [-0.05, 0) is 69.2 Å². The Bertz CT molecular complexity index is 1410. The van der Waals surface area contributed by atoms with E-state index in [-0.39, 0.29) is 17.3 Å². The van der Waals surface area contributed by atoms with E-state index in [4.69, 9.17) is 23.2 Å². The molecule has 0 spiro atoms. The van der Waals surface area contributed by atoms with Gasteiger partial charge < -0.3 is 10.2 Å². The molecule has 0 fully saturated rings. The molecule has 0 bridgehead atoms. The highest BCUT2D eigenvalue weighted by molar-refractivity contribution is 7.92. The quantitative estimate of drug-likeness (QED) is 0.308. The third-order valence-corrected chi connectivity index (χ3v) is 8.66. The molecule has 1 atom stereocenters. The van der Waals surface area contributed by atoms with Crippen LogP contribution in [-0.4, -0.2) is 44.3 Å². The van der Waals surface area contributed by atoms with Gasteiger partial charge in [0.2, 0.25) is 11.8 Å². The maximum Gasteiger partial charge on any atom is 0.264 e. The van der Waals surface area contributed by atoms with Crippen molar-refractivity contribution >= 4 is 50.7 Å². The van der Waals surface area contributed by atoms with Crippen LogP contribution in [0.2, 0.25) is 10.0 Å². The van der Waals surface area contributed by atoms with Crippen molar-refractivity contribution in [2.75, 3.05) is 17.4 Å². The third-order valence-electron chi connectivity index (χ3n) is 6.28. The van der Waals surface area contributed by atoms with E-state index in [1.54, 1.807) is 61.5 Å². The number of benzene rings is 3. The number of hydrogen-bond donors (Lipinski definition) is 1. The summed E-state index contributed by atoms with van der Waals surface area (Å²) in [5.41, 5.74) is 2.76. The Morgan fingerprint density at radius 2 is 1.51 bits per heavy atom. The molecule has 0 unspecified atom stereocenters. The van der Waals surface area contributed by atoms with E-state index in [1.807, 2.05) is 20.8 Å². The Morgan fingerprint density at radius 3 is 2.08 bits per heavy atom. The van der Waals surface area contributed by atoms with Crippen LogP contribution in [0.3, 0.4) is 0 Å². The first-order valence-electron chi connectivity index (χ1n) is 12.6. The fourth-order valence-corrected chi connectivity index (χ4v) is 5.77. The Labute approximate surface area is 240 Å². The third kappa shape index (κ3) is 7.75. The summed E-state index contributed by atoms with van der Waals surface area (Å²) in [7, 11) is -4.12. The number of sulfonamides is 1. The van der Waals surface area contributed by atoms with Gasteiger partial charge in [-0.15, -0.1) is 0 Å². The van der Waals surface area contributed by atoms with Crippen molar-refractivity contribution in [3.8, 4) is 0 Å². The summed E-state index contributed by atoms with van der Waals surface area (Å²) < 4.78 is 28.7. The summed E-state index contributed by atoms with van der Waals surface area (Å²) in [4.78, 5) is 28.2. The van der Waals surface area contributed by atoms with Crippen molar-refractivity contribution in [1.82, 2.24) is 10.2 Å². The second-order valence-electron chi connectivity index (χ2n) is 9.38. The molecular weight excluding hydrogens is 557 g/mol. The minimum absolute atomic E-state index is 0.0120. The summed E-state index contributed by atoms with van der Waals surface area (Å²) in [5, 5.41) is 3.58. The average Bonchev–Trinajstić information content (AvgIpc) is 2.90. The van der Waals surface area contributed by atoms with Crippen LogP contribution < -0.4 is 9.62 Å². The Morgan fingerprint density at radius 1 is 0.923 bits per heavy atom. The Hall–Kier alpha value is -3.07. The fourth-order valence-electron chi connectivity index (χ4n) is 3.89. The number of nitrogens with zero attached hydrogens (tertiary/aromatic N) is 2. The van der Waals surface area contributed by atoms with E-state index in [9.17, 15) is 18.0 Å². The number of hydrogen-bond acceptors (Lipinski definition) is 4. The molecule has 0 aliphatic heterocycles. The Balaban J connectivity index is 2.03. The smallest absolute Gasteiger partial charge is 0.264 e. The normalized spacial score (nSPS) is 12.1. The lowest BCUT2D eigenvalue weighted by Crippen LogP contribution is -2.51. The van der Waals surface area contributed by atoms with E-state index in [1.165, 1.54) is 17.0 Å². The second kappa shape index (κ2) is 13.3. The summed E-state index contributed by atoms with van der Waals surface area (Å²) in [6, 6.07) is 17.3. The zero-order valence-electron chi connectivity index (χ0n) is 22.4. The largest absolute Gasteiger partial charge is 0.354 e. The zero-order chi connectivity index (χ0) is 28.7. The van der Waals surface area contributed by atoms with Gasteiger partial charge in [0.25, 0.3) is 10.0 Å². The predicted molar refractivity (Wildman–Crippen MR) is 157 cm³/mol. The van der Waals surface area contributed by atoms with Gasteiger partial charge in [0.15, 0.2) is 0 Å². The number of aryl methyl sites for hydroxylation is 2. The zero-order valence-corrected chi connectivity index (χ0v) is 24.8. The van der Waals surface area contributed by atoms with Crippen molar-refractivity contribution < 1.29 is 18.0 Å². The molecule has 3 aromatic carbocycles. The molecule has 7 nitrogen and oxygen atoms in total. The van der Waals surface area contributed by atoms with E-state index in [2.05, 4.69) is 5.32 Å². The number of anilines is 1. The first-order chi connectivity index (χ1) is 18.4. The molecule has 0 radical (unpaired) electrons. The van der Waals surface area contributed by atoms with Crippen LogP contribution in [0.1, 0.15) is 37.0 Å². The van der Waals surface area contributed by atoms with Crippen LogP contribution in [0.5, 0.6) is 0 Å². The van der Waals surface area contributed by atoms with Crippen LogP contribution in [-0.2, 0) is 26.2 Å². The molecule has 0 heterocycles. The van der Waals surface area contributed by atoms with Crippen molar-refractivity contribution in [2.24, 2.45) is 0 Å². The van der Waals surface area contributed by atoms with Crippen LogP contribution in [0.15, 0.2) is 71.6 Å². The topological polar surface area (TPSA) is 86.8 Å². The van der Waals surface area contributed by atoms with Gasteiger partial charge in [-0.25, -0.2) is 8.42 Å². The molecule has 0 aliphatic carbocycles. The van der Waals surface area contributed by atoms with Crippen molar-refractivity contribution in [3.05, 3.63) is 93.5 Å².